The van der Waals surface area contributed by atoms with Gasteiger partial charge in [-0.25, -0.2) is 4.79 Å². The summed E-state index contributed by atoms with van der Waals surface area (Å²) in [6.45, 7) is 0.0918. The Kier molecular flexibility index (Phi) is 3.92. The van der Waals surface area contributed by atoms with Gasteiger partial charge < -0.3 is 15.6 Å². The Morgan fingerprint density at radius 3 is 2.79 bits per heavy atom. The van der Waals surface area contributed by atoms with Gasteiger partial charge in [-0.3, -0.25) is 0 Å². The van der Waals surface area contributed by atoms with E-state index in [0.717, 1.165) is 5.56 Å². The first-order valence-electron chi connectivity index (χ1n) is 5.56. The van der Waals surface area contributed by atoms with E-state index in [-0.39, 0.29) is 23.6 Å². The minimum absolute atomic E-state index is 0.0381. The number of hydrogen-bond acceptors (Lipinski definition) is 4. The lowest BCUT2D eigenvalue weighted by Crippen LogP contribution is -2.08. The second-order valence-corrected chi connectivity index (χ2v) is 4.41. The van der Waals surface area contributed by atoms with Crippen molar-refractivity contribution in [2.75, 3.05) is 5.73 Å². The number of benzene rings is 2. The first-order chi connectivity index (χ1) is 9.06. The van der Waals surface area contributed by atoms with Gasteiger partial charge in [0.15, 0.2) is 0 Å². The summed E-state index contributed by atoms with van der Waals surface area (Å²) in [6.07, 6.45) is 0. The highest BCUT2D eigenvalue weighted by Crippen LogP contribution is 2.20. The molecule has 0 amide bonds. The Balaban J connectivity index is 2.07. The quantitative estimate of drug-likeness (QED) is 0.514. The van der Waals surface area contributed by atoms with Gasteiger partial charge in [-0.05, 0) is 35.9 Å². The topological polar surface area (TPSA) is 72.5 Å². The van der Waals surface area contributed by atoms with Crippen LogP contribution in [0.25, 0.3) is 0 Å². The zero-order valence-electron chi connectivity index (χ0n) is 9.97. The molecule has 0 heterocycles. The highest BCUT2D eigenvalue weighted by atomic mass is 35.5. The first kappa shape index (κ1) is 13.2. The van der Waals surface area contributed by atoms with Crippen molar-refractivity contribution in [1.82, 2.24) is 0 Å². The molecule has 0 bridgehead atoms. The molecule has 0 unspecified atom stereocenters. The molecule has 2 aromatic carbocycles. The summed E-state index contributed by atoms with van der Waals surface area (Å²) in [4.78, 5) is 11.8. The van der Waals surface area contributed by atoms with Gasteiger partial charge in [-0.2, -0.15) is 0 Å². The Hall–Kier alpha value is -2.20. The maximum Gasteiger partial charge on any atom is 0.340 e. The Bertz CT molecular complexity index is 613. The first-order valence-corrected chi connectivity index (χ1v) is 5.94. The van der Waals surface area contributed by atoms with E-state index in [1.165, 1.54) is 18.2 Å². The number of halogens is 1. The van der Waals surface area contributed by atoms with E-state index in [2.05, 4.69) is 0 Å². The summed E-state index contributed by atoms with van der Waals surface area (Å²) in [5.41, 5.74) is 6.83. The van der Waals surface area contributed by atoms with E-state index in [1.807, 2.05) is 0 Å². The summed E-state index contributed by atoms with van der Waals surface area (Å²) in [7, 11) is 0. The molecule has 98 valence electrons. The highest BCUT2D eigenvalue weighted by molar-refractivity contribution is 6.30. The highest BCUT2D eigenvalue weighted by Gasteiger charge is 2.12. The van der Waals surface area contributed by atoms with Gasteiger partial charge in [0, 0.05) is 10.7 Å². The molecular formula is C14H12ClNO3. The van der Waals surface area contributed by atoms with E-state index in [0.29, 0.717) is 5.02 Å². The third-order valence-corrected chi connectivity index (χ3v) is 2.75. The van der Waals surface area contributed by atoms with Crippen LogP contribution in [0.1, 0.15) is 15.9 Å². The van der Waals surface area contributed by atoms with Gasteiger partial charge in [0.25, 0.3) is 0 Å². The molecule has 0 atom stereocenters. The number of carbonyl (C=O) groups excluding carboxylic acids is 1. The predicted molar refractivity (Wildman–Crippen MR) is 73.1 cm³/mol. The van der Waals surface area contributed by atoms with E-state index in [1.54, 1.807) is 24.3 Å². The fourth-order valence-corrected chi connectivity index (χ4v) is 1.79. The lowest BCUT2D eigenvalue weighted by Gasteiger charge is -2.07. The number of ether oxygens (including phenoxy) is 1. The molecular weight excluding hydrogens is 266 g/mol. The number of hydrogen-bond donors (Lipinski definition) is 2. The molecule has 0 fully saturated rings. The number of esters is 1. The Labute approximate surface area is 115 Å². The van der Waals surface area contributed by atoms with Gasteiger partial charge in [0.1, 0.15) is 12.4 Å². The van der Waals surface area contributed by atoms with Crippen LogP contribution in [0, 0.1) is 0 Å². The molecule has 0 aromatic heterocycles. The van der Waals surface area contributed by atoms with Crippen LogP contribution in [0.3, 0.4) is 0 Å². The van der Waals surface area contributed by atoms with Crippen molar-refractivity contribution < 1.29 is 14.6 Å². The van der Waals surface area contributed by atoms with Gasteiger partial charge >= 0.3 is 5.97 Å². The Morgan fingerprint density at radius 2 is 2.05 bits per heavy atom. The van der Waals surface area contributed by atoms with Crippen LogP contribution in [-0.2, 0) is 11.3 Å². The van der Waals surface area contributed by atoms with Crippen LogP contribution in [0.5, 0.6) is 5.75 Å². The maximum atomic E-state index is 11.8. The minimum atomic E-state index is -0.589. The summed E-state index contributed by atoms with van der Waals surface area (Å²) in [5.74, 6) is -0.628. The molecule has 0 saturated carbocycles. The molecule has 0 aliphatic heterocycles. The number of phenolic OH excluding ortho intramolecular Hbond substituents is 1. The average molecular weight is 278 g/mol. The van der Waals surface area contributed by atoms with Gasteiger partial charge in [-0.1, -0.05) is 23.7 Å². The molecule has 0 aliphatic rings. The van der Waals surface area contributed by atoms with Gasteiger partial charge in [0.05, 0.1) is 5.56 Å². The number of carbonyl (C=O) groups is 1. The van der Waals surface area contributed by atoms with E-state index >= 15 is 0 Å². The molecule has 3 N–H and O–H groups in total. The number of nitrogen functional groups attached to an aromatic ring is 1. The number of aromatic hydroxyl groups is 1. The average Bonchev–Trinajstić information content (AvgIpc) is 2.39. The summed E-state index contributed by atoms with van der Waals surface area (Å²) < 4.78 is 5.12. The lowest BCUT2D eigenvalue weighted by atomic mass is 10.1. The molecule has 0 saturated heterocycles. The largest absolute Gasteiger partial charge is 0.508 e. The van der Waals surface area contributed by atoms with Crippen LogP contribution in [-0.4, -0.2) is 11.1 Å². The summed E-state index contributed by atoms with van der Waals surface area (Å²) >= 11 is 5.83. The molecule has 0 aliphatic carbocycles. The fraction of sp³-hybridized carbons (Fsp3) is 0.0714. The van der Waals surface area contributed by atoms with Crippen LogP contribution < -0.4 is 5.73 Å². The molecule has 4 nitrogen and oxygen atoms in total. The van der Waals surface area contributed by atoms with Crippen molar-refractivity contribution in [1.29, 1.82) is 0 Å². The molecule has 19 heavy (non-hydrogen) atoms. The molecule has 0 radical (unpaired) electrons. The Morgan fingerprint density at radius 1 is 1.26 bits per heavy atom. The molecule has 5 heteroatoms. The van der Waals surface area contributed by atoms with E-state index in [4.69, 9.17) is 22.1 Å². The minimum Gasteiger partial charge on any atom is -0.508 e. The van der Waals surface area contributed by atoms with E-state index in [9.17, 15) is 9.90 Å². The zero-order chi connectivity index (χ0) is 13.8. The van der Waals surface area contributed by atoms with Crippen molar-refractivity contribution in [3.05, 3.63) is 58.6 Å². The van der Waals surface area contributed by atoms with Crippen LogP contribution >= 0.6 is 11.6 Å². The summed E-state index contributed by atoms with van der Waals surface area (Å²) in [6, 6.07) is 11.1. The SMILES string of the molecule is Nc1ccc(O)cc1C(=O)OCc1cccc(Cl)c1. The molecule has 0 spiro atoms. The zero-order valence-corrected chi connectivity index (χ0v) is 10.7. The second kappa shape index (κ2) is 5.63. The van der Waals surface area contributed by atoms with Crippen molar-refractivity contribution in [3.8, 4) is 5.75 Å². The number of anilines is 1. The van der Waals surface area contributed by atoms with Crippen LogP contribution in [0.2, 0.25) is 5.02 Å². The molecule has 2 rings (SSSR count). The van der Waals surface area contributed by atoms with Crippen LogP contribution in [0.15, 0.2) is 42.5 Å². The second-order valence-electron chi connectivity index (χ2n) is 3.98. The molecule has 2 aromatic rings. The maximum absolute atomic E-state index is 11.8. The number of nitrogens with two attached hydrogens (primary N) is 1. The van der Waals surface area contributed by atoms with E-state index < -0.39 is 5.97 Å². The van der Waals surface area contributed by atoms with Gasteiger partial charge in [-0.15, -0.1) is 0 Å². The standard InChI is InChI=1S/C14H12ClNO3/c15-10-3-1-2-9(6-10)8-19-14(18)12-7-11(17)4-5-13(12)16/h1-7,17H,8,16H2. The lowest BCUT2D eigenvalue weighted by molar-refractivity contribution is 0.0473. The van der Waals surface area contributed by atoms with Crippen molar-refractivity contribution in [2.45, 2.75) is 6.61 Å². The van der Waals surface area contributed by atoms with Crippen molar-refractivity contribution >= 4 is 23.3 Å². The smallest absolute Gasteiger partial charge is 0.340 e. The number of phenols is 1. The number of rotatable bonds is 3. The van der Waals surface area contributed by atoms with Crippen LogP contribution in [0.4, 0.5) is 5.69 Å². The van der Waals surface area contributed by atoms with Crippen molar-refractivity contribution in [3.63, 3.8) is 0 Å². The third-order valence-electron chi connectivity index (χ3n) is 2.52. The third kappa shape index (κ3) is 3.39. The normalized spacial score (nSPS) is 10.2. The monoisotopic (exact) mass is 277 g/mol. The summed E-state index contributed by atoms with van der Waals surface area (Å²) in [5, 5.41) is 9.90. The van der Waals surface area contributed by atoms with Gasteiger partial charge in [0.2, 0.25) is 0 Å². The van der Waals surface area contributed by atoms with Crippen molar-refractivity contribution in [2.24, 2.45) is 0 Å². The predicted octanol–water partition coefficient (Wildman–Crippen LogP) is 2.98. The fourth-order valence-electron chi connectivity index (χ4n) is 1.57.